The van der Waals surface area contributed by atoms with Gasteiger partial charge in [-0.2, -0.15) is 10.2 Å². The Labute approximate surface area is 112 Å². The van der Waals surface area contributed by atoms with E-state index in [9.17, 15) is 0 Å². The normalized spacial score (nSPS) is 12.3. The summed E-state index contributed by atoms with van der Waals surface area (Å²) in [5.74, 6) is 1.21. The van der Waals surface area contributed by atoms with Gasteiger partial charge in [-0.25, -0.2) is 0 Å². The molecule has 1 atom stereocenters. The van der Waals surface area contributed by atoms with Crippen molar-refractivity contribution >= 4 is 11.8 Å². The summed E-state index contributed by atoms with van der Waals surface area (Å²) >= 11 is 1.84. The van der Waals surface area contributed by atoms with E-state index in [0.717, 1.165) is 11.4 Å². The topological polar surface area (TPSA) is 51.8 Å². The summed E-state index contributed by atoms with van der Waals surface area (Å²) in [5.41, 5.74) is 7.98. The average molecular weight is 259 g/mol. The molecule has 0 aliphatic rings. The predicted molar refractivity (Wildman–Crippen MR) is 75.8 cm³/mol. The van der Waals surface area contributed by atoms with Crippen LogP contribution in [0.25, 0.3) is 0 Å². The maximum atomic E-state index is 5.86. The first kappa shape index (κ1) is 13.1. The van der Waals surface area contributed by atoms with E-state index in [1.807, 2.05) is 23.9 Å². The molecule has 0 radical (unpaired) electrons. The molecule has 94 valence electrons. The van der Waals surface area contributed by atoms with Gasteiger partial charge in [0.05, 0.1) is 5.69 Å². The first-order chi connectivity index (χ1) is 8.85. The summed E-state index contributed by atoms with van der Waals surface area (Å²) in [6, 6.07) is 12.4. The molecule has 0 saturated carbocycles. The van der Waals surface area contributed by atoms with Gasteiger partial charge in [0, 0.05) is 23.6 Å². The molecule has 4 heteroatoms. The zero-order valence-corrected chi connectivity index (χ0v) is 11.2. The van der Waals surface area contributed by atoms with E-state index >= 15 is 0 Å². The molecular formula is C14H17N3S. The highest BCUT2D eigenvalue weighted by molar-refractivity contribution is 7.99. The first-order valence-electron chi connectivity index (χ1n) is 6.05. The molecule has 1 heterocycles. The highest BCUT2D eigenvalue weighted by atomic mass is 32.2. The highest BCUT2D eigenvalue weighted by Crippen LogP contribution is 2.24. The van der Waals surface area contributed by atoms with Gasteiger partial charge in [-0.3, -0.25) is 0 Å². The molecule has 0 aliphatic heterocycles. The van der Waals surface area contributed by atoms with Crippen LogP contribution in [0.1, 0.15) is 24.1 Å². The fraction of sp³-hybridized carbons (Fsp3) is 0.286. The van der Waals surface area contributed by atoms with Crippen molar-refractivity contribution in [3.05, 3.63) is 53.9 Å². The molecule has 1 aromatic carbocycles. The number of hydrogen-bond donors (Lipinski definition) is 1. The van der Waals surface area contributed by atoms with E-state index in [1.165, 1.54) is 10.5 Å². The summed E-state index contributed by atoms with van der Waals surface area (Å²) in [6.45, 7) is 2.69. The summed E-state index contributed by atoms with van der Waals surface area (Å²) < 4.78 is 0. The van der Waals surface area contributed by atoms with Crippen LogP contribution in [0.2, 0.25) is 0 Å². The Morgan fingerprint density at radius 3 is 2.56 bits per heavy atom. The lowest BCUT2D eigenvalue weighted by Crippen LogP contribution is -2.15. The van der Waals surface area contributed by atoms with Gasteiger partial charge in [0.15, 0.2) is 0 Å². The number of aromatic nitrogens is 2. The third-order valence-corrected chi connectivity index (χ3v) is 3.67. The smallest absolute Gasteiger partial charge is 0.0718 e. The molecule has 0 spiro atoms. The zero-order valence-electron chi connectivity index (χ0n) is 10.4. The van der Waals surface area contributed by atoms with E-state index in [-0.39, 0.29) is 5.92 Å². The zero-order chi connectivity index (χ0) is 12.8. The molecule has 1 unspecified atom stereocenters. The van der Waals surface area contributed by atoms with Crippen LogP contribution >= 0.6 is 11.8 Å². The quantitative estimate of drug-likeness (QED) is 0.839. The number of nitrogens with two attached hydrogens (primary N) is 1. The minimum atomic E-state index is 0.124. The second-order valence-corrected chi connectivity index (χ2v) is 5.28. The lowest BCUT2D eigenvalue weighted by atomic mass is 9.96. The maximum Gasteiger partial charge on any atom is 0.0718 e. The Hall–Kier alpha value is -1.39. The number of rotatable bonds is 5. The second-order valence-electron chi connectivity index (χ2n) is 3.94. The van der Waals surface area contributed by atoms with Gasteiger partial charge in [-0.1, -0.05) is 19.1 Å². The molecule has 2 rings (SSSR count). The predicted octanol–water partition coefficient (Wildman–Crippen LogP) is 2.68. The van der Waals surface area contributed by atoms with Crippen molar-refractivity contribution in [1.82, 2.24) is 10.2 Å². The van der Waals surface area contributed by atoms with Crippen LogP contribution in [0.5, 0.6) is 0 Å². The fourth-order valence-electron chi connectivity index (χ4n) is 1.89. The lowest BCUT2D eigenvalue weighted by molar-refractivity contribution is 0.760. The van der Waals surface area contributed by atoms with Gasteiger partial charge >= 0.3 is 0 Å². The van der Waals surface area contributed by atoms with Crippen LogP contribution in [0.15, 0.2) is 47.5 Å². The van der Waals surface area contributed by atoms with E-state index in [2.05, 4.69) is 41.4 Å². The summed E-state index contributed by atoms with van der Waals surface area (Å²) in [7, 11) is 0. The SMILES string of the molecule is CCSc1ccc(C(CN)c2cccnn2)cc1. The Kier molecular flexibility index (Phi) is 4.73. The Morgan fingerprint density at radius 1 is 1.22 bits per heavy atom. The summed E-state index contributed by atoms with van der Waals surface area (Å²) in [4.78, 5) is 1.29. The minimum Gasteiger partial charge on any atom is -0.329 e. The minimum absolute atomic E-state index is 0.124. The van der Waals surface area contributed by atoms with Gasteiger partial charge < -0.3 is 5.73 Å². The first-order valence-corrected chi connectivity index (χ1v) is 7.04. The van der Waals surface area contributed by atoms with E-state index in [4.69, 9.17) is 5.73 Å². The van der Waals surface area contributed by atoms with E-state index in [1.54, 1.807) is 6.20 Å². The Bertz CT molecular complexity index is 470. The van der Waals surface area contributed by atoms with Crippen molar-refractivity contribution in [2.45, 2.75) is 17.7 Å². The van der Waals surface area contributed by atoms with Crippen molar-refractivity contribution in [2.24, 2.45) is 5.73 Å². The average Bonchev–Trinajstić information content (AvgIpc) is 2.43. The highest BCUT2D eigenvalue weighted by Gasteiger charge is 2.13. The molecule has 2 N–H and O–H groups in total. The van der Waals surface area contributed by atoms with Crippen molar-refractivity contribution in [3.8, 4) is 0 Å². The maximum absolute atomic E-state index is 5.86. The monoisotopic (exact) mass is 259 g/mol. The summed E-state index contributed by atoms with van der Waals surface area (Å²) in [6.07, 6.45) is 1.68. The van der Waals surface area contributed by atoms with Crippen LogP contribution in [-0.4, -0.2) is 22.5 Å². The molecule has 3 nitrogen and oxygen atoms in total. The number of thioether (sulfide) groups is 1. The third kappa shape index (κ3) is 3.09. The molecule has 18 heavy (non-hydrogen) atoms. The van der Waals surface area contributed by atoms with Crippen molar-refractivity contribution in [1.29, 1.82) is 0 Å². The second kappa shape index (κ2) is 6.52. The van der Waals surface area contributed by atoms with Crippen LogP contribution in [-0.2, 0) is 0 Å². The lowest BCUT2D eigenvalue weighted by Gasteiger charge is -2.14. The standard InChI is InChI=1S/C14H17N3S/c1-2-18-12-7-5-11(6-8-12)13(10-15)14-4-3-9-16-17-14/h3-9,13H,2,10,15H2,1H3. The molecule has 1 aromatic heterocycles. The molecular weight excluding hydrogens is 242 g/mol. The van der Waals surface area contributed by atoms with E-state index in [0.29, 0.717) is 6.54 Å². The molecule has 0 aliphatic carbocycles. The van der Waals surface area contributed by atoms with Crippen molar-refractivity contribution < 1.29 is 0 Å². The van der Waals surface area contributed by atoms with Crippen molar-refractivity contribution in [2.75, 3.05) is 12.3 Å². The van der Waals surface area contributed by atoms with Crippen LogP contribution in [0, 0.1) is 0 Å². The number of nitrogens with zero attached hydrogens (tertiary/aromatic N) is 2. The van der Waals surface area contributed by atoms with Crippen LogP contribution in [0.3, 0.4) is 0 Å². The molecule has 2 aromatic rings. The molecule has 0 saturated heterocycles. The fourth-order valence-corrected chi connectivity index (χ4v) is 2.55. The Morgan fingerprint density at radius 2 is 2.00 bits per heavy atom. The van der Waals surface area contributed by atoms with Gasteiger partial charge in [-0.05, 0) is 35.6 Å². The third-order valence-electron chi connectivity index (χ3n) is 2.78. The van der Waals surface area contributed by atoms with E-state index < -0.39 is 0 Å². The van der Waals surface area contributed by atoms with Gasteiger partial charge in [0.2, 0.25) is 0 Å². The Balaban J connectivity index is 2.23. The number of benzene rings is 1. The van der Waals surface area contributed by atoms with Gasteiger partial charge in [0.1, 0.15) is 0 Å². The van der Waals surface area contributed by atoms with Crippen LogP contribution in [0.4, 0.5) is 0 Å². The molecule has 0 amide bonds. The molecule has 0 fully saturated rings. The largest absolute Gasteiger partial charge is 0.329 e. The number of hydrogen-bond acceptors (Lipinski definition) is 4. The van der Waals surface area contributed by atoms with Crippen LogP contribution < -0.4 is 5.73 Å². The summed E-state index contributed by atoms with van der Waals surface area (Å²) in [5, 5.41) is 8.07. The molecule has 0 bridgehead atoms. The van der Waals surface area contributed by atoms with Gasteiger partial charge in [-0.15, -0.1) is 11.8 Å². The van der Waals surface area contributed by atoms with Gasteiger partial charge in [0.25, 0.3) is 0 Å². The van der Waals surface area contributed by atoms with Crippen molar-refractivity contribution in [3.63, 3.8) is 0 Å².